The monoisotopic (exact) mass is 664 g/mol. The van der Waals surface area contributed by atoms with Gasteiger partial charge < -0.3 is 5.11 Å². The van der Waals surface area contributed by atoms with E-state index in [1.165, 1.54) is 30.6 Å². The van der Waals surface area contributed by atoms with Gasteiger partial charge in [-0.1, -0.05) is 6.92 Å². The van der Waals surface area contributed by atoms with Crippen LogP contribution in [0.2, 0.25) is 0 Å². The third kappa shape index (κ3) is 8.84. The molecule has 2 aromatic heterocycles. The average Bonchev–Trinajstić information content (AvgIpc) is 2.94. The number of halogens is 5. The highest BCUT2D eigenvalue weighted by Gasteiger charge is 2.58. The molecule has 0 aromatic carbocycles. The smallest absolute Gasteiger partial charge is 0.395 e. The molecule has 0 bridgehead atoms. The predicted molar refractivity (Wildman–Crippen MR) is 152 cm³/mol. The summed E-state index contributed by atoms with van der Waals surface area (Å²) in [5, 5.41) is 9.08. The van der Waals surface area contributed by atoms with Crippen molar-refractivity contribution < 1.29 is 27.1 Å². The second kappa shape index (κ2) is 15.7. The van der Waals surface area contributed by atoms with Gasteiger partial charge in [0, 0.05) is 26.7 Å². The Labute approximate surface area is 248 Å². The first kappa shape index (κ1) is 36.3. The fourth-order valence-corrected chi connectivity index (χ4v) is 5.44. The van der Waals surface area contributed by atoms with Gasteiger partial charge in [-0.15, -0.1) is 0 Å². The van der Waals surface area contributed by atoms with E-state index in [9.17, 15) is 50.7 Å². The molecule has 0 atom stereocenters. The van der Waals surface area contributed by atoms with Gasteiger partial charge in [0.05, 0.1) is 13.2 Å². The molecule has 20 heteroatoms. The third-order valence-corrected chi connectivity index (χ3v) is 8.33. The van der Waals surface area contributed by atoms with Crippen LogP contribution in [0.3, 0.4) is 0 Å². The number of aliphatic hydroxyl groups is 1. The minimum Gasteiger partial charge on any atom is -0.395 e. The zero-order valence-electron chi connectivity index (χ0n) is 23.5. The largest absolute Gasteiger partial charge is 0.455 e. The molecule has 0 aliphatic rings. The number of rotatable bonds is 17. The first-order valence-corrected chi connectivity index (χ1v) is 15.5. The molecule has 43 heavy (non-hydrogen) atoms. The summed E-state index contributed by atoms with van der Waals surface area (Å²) < 4.78 is 69.1. The predicted octanol–water partition coefficient (Wildman–Crippen LogP) is -0.259. The van der Waals surface area contributed by atoms with E-state index >= 15 is 0 Å². The second-order valence-corrected chi connectivity index (χ2v) is 11.9. The zero-order valence-corrected chi connectivity index (χ0v) is 25.1. The molecule has 244 valence electrons. The van der Waals surface area contributed by atoms with Gasteiger partial charge in [0.25, 0.3) is 0 Å². The maximum absolute atomic E-state index is 13.8. The van der Waals surface area contributed by atoms with Gasteiger partial charge >= 0.3 is 46.2 Å². The van der Waals surface area contributed by atoms with Crippen molar-refractivity contribution in [3.8, 4) is 0 Å². The first-order chi connectivity index (χ1) is 20.1. The molecule has 0 aliphatic carbocycles. The van der Waals surface area contributed by atoms with E-state index < -0.39 is 59.4 Å². The van der Waals surface area contributed by atoms with Crippen LogP contribution in [0, 0.1) is 0 Å². The SMILES string of the molecule is CCSCCCn1c(=O)n(CCCSCCCn2c(=O)n(C)c(=O)n(CCO)c2=O)c(=O)n(CC(F)(F)C(F)(F)F)c1=O. The lowest BCUT2D eigenvalue weighted by molar-refractivity contribution is -0.287. The average molecular weight is 665 g/mol. The van der Waals surface area contributed by atoms with Gasteiger partial charge in [-0.05, 0) is 42.3 Å². The summed E-state index contributed by atoms with van der Waals surface area (Å²) in [6.07, 6.45) is -5.40. The van der Waals surface area contributed by atoms with Crippen molar-refractivity contribution in [3.05, 3.63) is 62.9 Å². The van der Waals surface area contributed by atoms with E-state index in [2.05, 4.69) is 0 Å². The van der Waals surface area contributed by atoms with Gasteiger partial charge in [0.2, 0.25) is 0 Å². The fraction of sp³-hybridized carbons (Fsp3) is 0.739. The number of nitrogens with zero attached hydrogens (tertiary/aromatic N) is 6. The Morgan fingerprint density at radius 3 is 1.37 bits per heavy atom. The Morgan fingerprint density at radius 1 is 0.605 bits per heavy atom. The second-order valence-electron chi connectivity index (χ2n) is 9.24. The molecule has 0 saturated carbocycles. The van der Waals surface area contributed by atoms with Gasteiger partial charge in [-0.25, -0.2) is 56.2 Å². The number of thioether (sulfide) groups is 2. The molecule has 2 rings (SSSR count). The highest BCUT2D eigenvalue weighted by atomic mass is 32.2. The number of aliphatic hydroxyl groups excluding tert-OH is 1. The Hall–Kier alpha value is -2.87. The summed E-state index contributed by atoms with van der Waals surface area (Å²) in [5.41, 5.74) is -6.79. The van der Waals surface area contributed by atoms with Crippen LogP contribution in [0.1, 0.15) is 26.2 Å². The number of hydrogen-bond acceptors (Lipinski definition) is 9. The molecule has 1 N–H and O–H groups in total. The zero-order chi connectivity index (χ0) is 32.5. The highest BCUT2D eigenvalue weighted by molar-refractivity contribution is 7.99. The van der Waals surface area contributed by atoms with Crippen molar-refractivity contribution in [1.82, 2.24) is 27.4 Å². The Morgan fingerprint density at radius 2 is 0.977 bits per heavy atom. The maximum Gasteiger partial charge on any atom is 0.455 e. The van der Waals surface area contributed by atoms with Crippen LogP contribution in [0.4, 0.5) is 22.0 Å². The van der Waals surface area contributed by atoms with E-state index in [-0.39, 0.29) is 55.8 Å². The van der Waals surface area contributed by atoms with Crippen LogP contribution in [-0.2, 0) is 39.8 Å². The van der Waals surface area contributed by atoms with E-state index in [1.807, 2.05) is 6.92 Å². The molecular formula is C23H33F5N6O7S2. The molecule has 2 aromatic rings. The van der Waals surface area contributed by atoms with Gasteiger partial charge in [-0.2, -0.15) is 45.5 Å². The first-order valence-electron chi connectivity index (χ1n) is 13.2. The normalized spacial score (nSPS) is 12.3. The van der Waals surface area contributed by atoms with Crippen molar-refractivity contribution in [3.63, 3.8) is 0 Å². The van der Waals surface area contributed by atoms with Gasteiger partial charge in [0.1, 0.15) is 6.54 Å². The maximum atomic E-state index is 13.8. The molecule has 0 unspecified atom stereocenters. The summed E-state index contributed by atoms with van der Waals surface area (Å²) in [6.45, 7) is -1.87. The molecule has 0 aliphatic heterocycles. The molecule has 0 saturated heterocycles. The summed E-state index contributed by atoms with van der Waals surface area (Å²) in [5.74, 6) is -3.53. The molecule has 0 fully saturated rings. The lowest BCUT2D eigenvalue weighted by atomic mass is 10.3. The summed E-state index contributed by atoms with van der Waals surface area (Å²) in [7, 11) is 1.19. The van der Waals surface area contributed by atoms with Crippen LogP contribution in [0.25, 0.3) is 0 Å². The van der Waals surface area contributed by atoms with Gasteiger partial charge in [-0.3, -0.25) is 0 Å². The summed E-state index contributed by atoms with van der Waals surface area (Å²) >= 11 is 2.75. The Bertz CT molecular complexity index is 1610. The number of hydrogen-bond donors (Lipinski definition) is 1. The van der Waals surface area contributed by atoms with E-state index in [4.69, 9.17) is 5.11 Å². The summed E-state index contributed by atoms with van der Waals surface area (Å²) in [4.78, 5) is 75.1. The standard InChI is InChI=1S/C23H33F5N6O7S2/c1-3-42-12-4-8-31-19(39)32(21(41)34(20(31)40)15-22(24,25)23(26,27)28)9-6-14-43-13-5-7-30-16(36)29(2)17(37)33(10-11-35)18(30)38/h35H,3-15H2,1-2H3. The molecule has 0 amide bonds. The quantitative estimate of drug-likeness (QED) is 0.178. The van der Waals surface area contributed by atoms with Crippen LogP contribution >= 0.6 is 23.5 Å². The third-order valence-electron chi connectivity index (χ3n) is 6.19. The minimum atomic E-state index is -6.02. The van der Waals surface area contributed by atoms with Crippen molar-refractivity contribution in [1.29, 1.82) is 0 Å². The van der Waals surface area contributed by atoms with Crippen LogP contribution < -0.4 is 34.1 Å². The van der Waals surface area contributed by atoms with Gasteiger partial charge in [0.15, 0.2) is 0 Å². The Kier molecular flexibility index (Phi) is 13.3. The Balaban J connectivity index is 2.15. The number of alkyl halides is 5. The van der Waals surface area contributed by atoms with Crippen molar-refractivity contribution in [2.24, 2.45) is 7.05 Å². The minimum absolute atomic E-state index is 0.0525. The highest BCUT2D eigenvalue weighted by Crippen LogP contribution is 2.36. The van der Waals surface area contributed by atoms with E-state index in [0.29, 0.717) is 20.6 Å². The lowest BCUT2D eigenvalue weighted by Crippen LogP contribution is -2.57. The van der Waals surface area contributed by atoms with Crippen molar-refractivity contribution in [2.75, 3.05) is 29.6 Å². The van der Waals surface area contributed by atoms with E-state index in [0.717, 1.165) is 19.5 Å². The lowest BCUT2D eigenvalue weighted by Gasteiger charge is -2.21. The van der Waals surface area contributed by atoms with Crippen LogP contribution in [0.5, 0.6) is 0 Å². The van der Waals surface area contributed by atoms with Crippen LogP contribution in [-0.4, -0.2) is 74.2 Å². The molecule has 13 nitrogen and oxygen atoms in total. The molecular weight excluding hydrogens is 631 g/mol. The van der Waals surface area contributed by atoms with Crippen LogP contribution in [0.15, 0.2) is 28.8 Å². The molecule has 2 heterocycles. The molecule has 0 spiro atoms. The molecule has 0 radical (unpaired) electrons. The fourth-order valence-electron chi connectivity index (χ4n) is 3.95. The number of aromatic nitrogens is 6. The van der Waals surface area contributed by atoms with E-state index in [1.54, 1.807) is 0 Å². The topological polar surface area (TPSA) is 152 Å². The van der Waals surface area contributed by atoms with Crippen molar-refractivity contribution in [2.45, 2.75) is 71.0 Å². The summed E-state index contributed by atoms with van der Waals surface area (Å²) in [6, 6.07) is 0. The van der Waals surface area contributed by atoms with Crippen molar-refractivity contribution >= 4 is 23.5 Å².